The molecule has 1 aliphatic rings. The molecule has 2 rings (SSSR count). The van der Waals surface area contributed by atoms with Crippen LogP contribution in [0.25, 0.3) is 0 Å². The molecule has 0 spiro atoms. The Kier molecular flexibility index (Phi) is 4.66. The van der Waals surface area contributed by atoms with Crippen LogP contribution in [0.2, 0.25) is 0 Å². The van der Waals surface area contributed by atoms with Gasteiger partial charge in [0.2, 0.25) is 11.8 Å². The Labute approximate surface area is 129 Å². The maximum absolute atomic E-state index is 12.7. The summed E-state index contributed by atoms with van der Waals surface area (Å²) in [6.07, 6.45) is 0.617. The van der Waals surface area contributed by atoms with E-state index in [1.807, 2.05) is 34.6 Å². The normalized spacial score (nSPS) is 22.9. The van der Waals surface area contributed by atoms with E-state index < -0.39 is 12.1 Å². The third-order valence-electron chi connectivity index (χ3n) is 3.96. The van der Waals surface area contributed by atoms with Crippen LogP contribution in [-0.2, 0) is 16.1 Å². The van der Waals surface area contributed by atoms with Gasteiger partial charge in [0.1, 0.15) is 17.1 Å². The average Bonchev–Trinajstić information content (AvgIpc) is 2.72. The fourth-order valence-corrected chi connectivity index (χ4v) is 3.52. The maximum Gasteiger partial charge on any atom is 0.246 e. The van der Waals surface area contributed by atoms with Crippen LogP contribution in [0.1, 0.15) is 42.8 Å². The molecule has 2 amide bonds. The van der Waals surface area contributed by atoms with Crippen LogP contribution >= 0.6 is 11.3 Å². The molecule has 0 saturated carbocycles. The molecule has 0 bridgehead atoms. The number of aromatic nitrogens is 1. The summed E-state index contributed by atoms with van der Waals surface area (Å²) >= 11 is 1.60. The van der Waals surface area contributed by atoms with E-state index in [4.69, 9.17) is 0 Å². The Hall–Kier alpha value is -1.43. The number of thiazole rings is 1. The van der Waals surface area contributed by atoms with Gasteiger partial charge in [0.15, 0.2) is 0 Å². The first-order valence-electron chi connectivity index (χ1n) is 7.38. The molecule has 21 heavy (non-hydrogen) atoms. The highest BCUT2D eigenvalue weighted by molar-refractivity contribution is 7.11. The summed E-state index contributed by atoms with van der Waals surface area (Å²) in [6.45, 7) is 10.2. The van der Waals surface area contributed by atoms with Crippen molar-refractivity contribution in [2.45, 2.75) is 59.7 Å². The van der Waals surface area contributed by atoms with E-state index in [1.165, 1.54) is 0 Å². The molecule has 2 heterocycles. The molecule has 1 aromatic heterocycles. The predicted molar refractivity (Wildman–Crippen MR) is 83.0 cm³/mol. The Morgan fingerprint density at radius 1 is 1.33 bits per heavy atom. The minimum Gasteiger partial charge on any atom is -0.342 e. The summed E-state index contributed by atoms with van der Waals surface area (Å²) in [6, 6.07) is -0.820. The van der Waals surface area contributed by atoms with Crippen molar-refractivity contribution in [2.75, 3.05) is 0 Å². The highest BCUT2D eigenvalue weighted by atomic mass is 32.1. The van der Waals surface area contributed by atoms with E-state index in [9.17, 15) is 9.59 Å². The third-order valence-corrected chi connectivity index (χ3v) is 5.02. The van der Waals surface area contributed by atoms with Gasteiger partial charge in [-0.2, -0.15) is 0 Å². The quantitative estimate of drug-likeness (QED) is 0.925. The lowest BCUT2D eigenvalue weighted by atomic mass is 9.97. The molecule has 2 unspecified atom stereocenters. The lowest BCUT2D eigenvalue weighted by Gasteiger charge is -2.39. The first-order chi connectivity index (χ1) is 9.85. The minimum absolute atomic E-state index is 0.00181. The first kappa shape index (κ1) is 15.9. The number of aryl methyl sites for hydroxylation is 2. The number of amides is 2. The number of carbonyl (C=O) groups excluding carboxylic acids is 2. The van der Waals surface area contributed by atoms with Gasteiger partial charge in [-0.25, -0.2) is 4.98 Å². The van der Waals surface area contributed by atoms with Gasteiger partial charge in [-0.1, -0.05) is 20.8 Å². The topological polar surface area (TPSA) is 62.3 Å². The number of piperazine rings is 1. The SMILES string of the molecule is CCC1C(=O)NC(C(C)C)C(=O)N1Cc1nc(C)c(C)s1. The fraction of sp³-hybridized carbons (Fsp3) is 0.667. The standard InChI is InChI=1S/C15H23N3O2S/c1-6-11-14(19)17-13(8(2)3)15(20)18(11)7-12-16-9(4)10(5)21-12/h8,11,13H,6-7H2,1-5H3,(H,17,19). The average molecular weight is 309 g/mol. The summed E-state index contributed by atoms with van der Waals surface area (Å²) < 4.78 is 0. The van der Waals surface area contributed by atoms with Crippen LogP contribution in [0.4, 0.5) is 0 Å². The van der Waals surface area contributed by atoms with Crippen LogP contribution in [0, 0.1) is 19.8 Å². The third kappa shape index (κ3) is 3.10. The number of hydrogen-bond acceptors (Lipinski definition) is 4. The number of rotatable bonds is 4. The maximum atomic E-state index is 12.7. The lowest BCUT2D eigenvalue weighted by molar-refractivity contribution is -0.151. The number of nitrogens with one attached hydrogen (secondary N) is 1. The molecule has 1 aliphatic heterocycles. The van der Waals surface area contributed by atoms with Crippen molar-refractivity contribution >= 4 is 23.2 Å². The van der Waals surface area contributed by atoms with Crippen molar-refractivity contribution in [2.24, 2.45) is 5.92 Å². The van der Waals surface area contributed by atoms with Crippen LogP contribution < -0.4 is 5.32 Å². The zero-order chi connectivity index (χ0) is 15.7. The molecule has 1 N–H and O–H groups in total. The summed E-state index contributed by atoms with van der Waals surface area (Å²) in [5.74, 6) is 0.0317. The lowest BCUT2D eigenvalue weighted by Crippen LogP contribution is -2.64. The van der Waals surface area contributed by atoms with Crippen LogP contribution in [0.3, 0.4) is 0 Å². The van der Waals surface area contributed by atoms with Crippen molar-refractivity contribution in [3.05, 3.63) is 15.6 Å². The number of nitrogens with zero attached hydrogens (tertiary/aromatic N) is 2. The Bertz CT molecular complexity index is 534. The van der Waals surface area contributed by atoms with Crippen LogP contribution in [0.5, 0.6) is 0 Å². The monoisotopic (exact) mass is 309 g/mol. The van der Waals surface area contributed by atoms with Crippen molar-refractivity contribution in [1.29, 1.82) is 0 Å². The summed E-state index contributed by atoms with van der Waals surface area (Å²) in [7, 11) is 0. The predicted octanol–water partition coefficient (Wildman–Crippen LogP) is 2.02. The van der Waals surface area contributed by atoms with Crippen molar-refractivity contribution in [3.63, 3.8) is 0 Å². The van der Waals surface area contributed by atoms with Gasteiger partial charge in [0.05, 0.1) is 12.2 Å². The van der Waals surface area contributed by atoms with Crippen LogP contribution in [-0.4, -0.2) is 33.8 Å². The number of hydrogen-bond donors (Lipinski definition) is 1. The summed E-state index contributed by atoms with van der Waals surface area (Å²) in [5.41, 5.74) is 0.998. The molecule has 116 valence electrons. The Morgan fingerprint density at radius 3 is 2.48 bits per heavy atom. The Balaban J connectivity index is 2.27. The highest BCUT2D eigenvalue weighted by Crippen LogP contribution is 2.23. The first-order valence-corrected chi connectivity index (χ1v) is 8.20. The van der Waals surface area contributed by atoms with Crippen molar-refractivity contribution in [3.8, 4) is 0 Å². The van der Waals surface area contributed by atoms with Gasteiger partial charge in [0.25, 0.3) is 0 Å². The molecule has 0 aliphatic carbocycles. The van der Waals surface area contributed by atoms with Crippen LogP contribution in [0.15, 0.2) is 0 Å². The highest BCUT2D eigenvalue weighted by Gasteiger charge is 2.41. The largest absolute Gasteiger partial charge is 0.342 e. The molecule has 0 aromatic carbocycles. The zero-order valence-electron chi connectivity index (χ0n) is 13.3. The summed E-state index contributed by atoms with van der Waals surface area (Å²) in [5, 5.41) is 3.75. The van der Waals surface area contributed by atoms with Crippen molar-refractivity contribution < 1.29 is 9.59 Å². The van der Waals surface area contributed by atoms with E-state index >= 15 is 0 Å². The summed E-state index contributed by atoms with van der Waals surface area (Å²) in [4.78, 5) is 32.3. The van der Waals surface area contributed by atoms with Gasteiger partial charge in [-0.15, -0.1) is 11.3 Å². The second-order valence-corrected chi connectivity index (χ2v) is 7.16. The molecule has 1 saturated heterocycles. The molecule has 1 aromatic rings. The van der Waals surface area contributed by atoms with Crippen molar-refractivity contribution in [1.82, 2.24) is 15.2 Å². The molecule has 5 nitrogen and oxygen atoms in total. The van der Waals surface area contributed by atoms with E-state index in [2.05, 4.69) is 10.3 Å². The van der Waals surface area contributed by atoms with Gasteiger partial charge < -0.3 is 10.2 Å². The molecule has 1 fully saturated rings. The van der Waals surface area contributed by atoms with Gasteiger partial charge >= 0.3 is 0 Å². The minimum atomic E-state index is -0.428. The van der Waals surface area contributed by atoms with Gasteiger partial charge in [-0.3, -0.25) is 9.59 Å². The molecular weight excluding hydrogens is 286 g/mol. The van der Waals surface area contributed by atoms with E-state index in [0.29, 0.717) is 13.0 Å². The molecular formula is C15H23N3O2S. The molecule has 2 atom stereocenters. The van der Waals surface area contributed by atoms with Gasteiger partial charge in [0, 0.05) is 4.88 Å². The smallest absolute Gasteiger partial charge is 0.246 e. The molecule has 0 radical (unpaired) electrons. The molecule has 6 heteroatoms. The Morgan fingerprint density at radius 2 is 2.00 bits per heavy atom. The second kappa shape index (κ2) is 6.13. The second-order valence-electron chi connectivity index (χ2n) is 5.87. The van der Waals surface area contributed by atoms with Gasteiger partial charge in [-0.05, 0) is 26.2 Å². The number of carbonyl (C=O) groups is 2. The van der Waals surface area contributed by atoms with E-state index in [0.717, 1.165) is 15.6 Å². The van der Waals surface area contributed by atoms with E-state index in [1.54, 1.807) is 16.2 Å². The fourth-order valence-electron chi connectivity index (χ4n) is 2.58. The van der Waals surface area contributed by atoms with E-state index in [-0.39, 0.29) is 17.7 Å². The zero-order valence-corrected chi connectivity index (χ0v) is 14.1.